The molecule has 1 aromatic carbocycles. The average Bonchev–Trinajstić information content (AvgIpc) is 3.21. The van der Waals surface area contributed by atoms with E-state index in [2.05, 4.69) is 32.9 Å². The number of halogens is 1. The first kappa shape index (κ1) is 21.2. The number of hydrogen-bond acceptors (Lipinski definition) is 3. The van der Waals surface area contributed by atoms with E-state index in [1.54, 1.807) is 7.05 Å². The quantitative estimate of drug-likeness (QED) is 0.388. The molecule has 1 saturated heterocycles. The summed E-state index contributed by atoms with van der Waals surface area (Å²) in [6.45, 7) is 1.40. The summed E-state index contributed by atoms with van der Waals surface area (Å²) in [6, 6.07) is 10.3. The third-order valence-electron chi connectivity index (χ3n) is 4.87. The van der Waals surface area contributed by atoms with Gasteiger partial charge >= 0.3 is 0 Å². The highest BCUT2D eigenvalue weighted by molar-refractivity contribution is 14.0. The summed E-state index contributed by atoms with van der Waals surface area (Å²) in [7, 11) is 5.43. The van der Waals surface area contributed by atoms with Gasteiger partial charge in [-0.1, -0.05) is 30.3 Å². The number of aliphatic imine (C=N–C) groups is 1. The molecule has 0 unspecified atom stereocenters. The molecule has 2 aromatic rings. The lowest BCUT2D eigenvalue weighted by Crippen LogP contribution is -2.38. The molecule has 2 atom stereocenters. The molecule has 0 radical (unpaired) electrons. The predicted molar refractivity (Wildman–Crippen MR) is 117 cm³/mol. The van der Waals surface area contributed by atoms with E-state index in [4.69, 9.17) is 0 Å². The number of amides is 1. The Kier molecular flexibility index (Phi) is 7.64. The maximum Gasteiger partial charge on any atom is 0.223 e. The number of guanidine groups is 1. The Bertz CT molecular complexity index is 776. The van der Waals surface area contributed by atoms with Crippen LogP contribution in [0.2, 0.25) is 0 Å². The van der Waals surface area contributed by atoms with Crippen LogP contribution in [0, 0.1) is 5.92 Å². The fraction of sp³-hybridized carbons (Fsp3) is 0.421. The van der Waals surface area contributed by atoms with Crippen molar-refractivity contribution in [3.05, 3.63) is 53.9 Å². The van der Waals surface area contributed by atoms with E-state index in [1.165, 1.54) is 5.56 Å². The van der Waals surface area contributed by atoms with Crippen LogP contribution in [0.25, 0.3) is 0 Å². The molecule has 2 heterocycles. The minimum atomic E-state index is 0. The summed E-state index contributed by atoms with van der Waals surface area (Å²) >= 11 is 0. The second-order valence-corrected chi connectivity index (χ2v) is 6.57. The SMILES string of the molecule is CN=C(NC)NC[C@@H]1CC(=O)N(C)[C@H]1c1cnn(Cc2ccccc2)c1.I. The van der Waals surface area contributed by atoms with Gasteiger partial charge in [0.1, 0.15) is 0 Å². The minimum Gasteiger partial charge on any atom is -0.359 e. The molecule has 0 aliphatic carbocycles. The molecule has 1 amide bonds. The van der Waals surface area contributed by atoms with Crippen LogP contribution in [0.1, 0.15) is 23.6 Å². The van der Waals surface area contributed by atoms with Crippen molar-refractivity contribution >= 4 is 35.8 Å². The molecular formula is C19H27IN6O. The van der Waals surface area contributed by atoms with Crippen molar-refractivity contribution in [2.45, 2.75) is 19.0 Å². The molecule has 8 heteroatoms. The van der Waals surface area contributed by atoms with Gasteiger partial charge in [0.25, 0.3) is 0 Å². The standard InChI is InChI=1S/C19H26N6O.HI/c1-20-19(21-2)22-10-15-9-17(26)24(3)18(15)16-11-23-25(13-16)12-14-7-5-4-6-8-14;/h4-8,11,13,15,18H,9-10,12H2,1-3H3,(H2,20,21,22);1H/t15-,18+;/m0./s1. The van der Waals surface area contributed by atoms with Crippen molar-refractivity contribution in [2.75, 3.05) is 27.7 Å². The Balaban J connectivity index is 0.00000261. The van der Waals surface area contributed by atoms with Crippen LogP contribution in [-0.4, -0.2) is 54.2 Å². The van der Waals surface area contributed by atoms with Gasteiger partial charge in [-0.05, 0) is 5.56 Å². The fourth-order valence-electron chi connectivity index (χ4n) is 3.53. The molecule has 27 heavy (non-hydrogen) atoms. The van der Waals surface area contributed by atoms with Crippen LogP contribution in [0.3, 0.4) is 0 Å². The molecule has 1 aliphatic heterocycles. The smallest absolute Gasteiger partial charge is 0.223 e. The summed E-state index contributed by atoms with van der Waals surface area (Å²) in [4.78, 5) is 18.2. The largest absolute Gasteiger partial charge is 0.359 e. The first-order valence-electron chi connectivity index (χ1n) is 8.82. The highest BCUT2D eigenvalue weighted by Crippen LogP contribution is 2.36. The van der Waals surface area contributed by atoms with Crippen LogP contribution in [0.4, 0.5) is 0 Å². The summed E-state index contributed by atoms with van der Waals surface area (Å²) in [5.41, 5.74) is 2.27. The molecule has 0 bridgehead atoms. The van der Waals surface area contributed by atoms with E-state index in [9.17, 15) is 4.79 Å². The topological polar surface area (TPSA) is 74.6 Å². The number of hydrogen-bond donors (Lipinski definition) is 2. The Morgan fingerprint density at radius 2 is 2.07 bits per heavy atom. The van der Waals surface area contributed by atoms with Gasteiger partial charge in [0.05, 0.1) is 18.8 Å². The van der Waals surface area contributed by atoms with Gasteiger partial charge in [-0.25, -0.2) is 0 Å². The number of carbonyl (C=O) groups is 1. The van der Waals surface area contributed by atoms with Gasteiger partial charge in [0, 0.05) is 51.8 Å². The normalized spacial score (nSPS) is 19.7. The van der Waals surface area contributed by atoms with E-state index in [0.29, 0.717) is 13.0 Å². The first-order chi connectivity index (χ1) is 12.6. The Labute approximate surface area is 177 Å². The molecular weight excluding hydrogens is 455 g/mol. The van der Waals surface area contributed by atoms with Gasteiger partial charge in [-0.2, -0.15) is 5.10 Å². The average molecular weight is 482 g/mol. The van der Waals surface area contributed by atoms with Gasteiger partial charge in [-0.3, -0.25) is 14.5 Å². The first-order valence-corrected chi connectivity index (χ1v) is 8.82. The van der Waals surface area contributed by atoms with E-state index in [-0.39, 0.29) is 41.8 Å². The number of rotatable bonds is 5. The second kappa shape index (κ2) is 9.72. The van der Waals surface area contributed by atoms with E-state index in [0.717, 1.165) is 18.1 Å². The molecule has 0 spiro atoms. The van der Waals surface area contributed by atoms with E-state index >= 15 is 0 Å². The summed E-state index contributed by atoms with van der Waals surface area (Å²) < 4.78 is 1.93. The van der Waals surface area contributed by atoms with E-state index in [1.807, 2.05) is 54.3 Å². The molecule has 1 aliphatic rings. The van der Waals surface area contributed by atoms with Crippen molar-refractivity contribution in [1.29, 1.82) is 0 Å². The molecule has 2 N–H and O–H groups in total. The van der Waals surface area contributed by atoms with Crippen molar-refractivity contribution < 1.29 is 4.79 Å². The van der Waals surface area contributed by atoms with Crippen LogP contribution >= 0.6 is 24.0 Å². The second-order valence-electron chi connectivity index (χ2n) is 6.57. The molecule has 1 aromatic heterocycles. The highest BCUT2D eigenvalue weighted by atomic mass is 127. The zero-order chi connectivity index (χ0) is 18.5. The monoisotopic (exact) mass is 482 g/mol. The number of aromatic nitrogens is 2. The molecule has 3 rings (SSSR count). The maximum atomic E-state index is 12.3. The lowest BCUT2D eigenvalue weighted by Gasteiger charge is -2.24. The van der Waals surface area contributed by atoms with Crippen LogP contribution < -0.4 is 10.6 Å². The van der Waals surface area contributed by atoms with Crippen LogP contribution in [-0.2, 0) is 11.3 Å². The summed E-state index contributed by atoms with van der Waals surface area (Å²) in [6.07, 6.45) is 4.45. The van der Waals surface area contributed by atoms with Gasteiger partial charge < -0.3 is 15.5 Å². The Morgan fingerprint density at radius 3 is 2.74 bits per heavy atom. The Hall–Kier alpha value is -2.10. The lowest BCUT2D eigenvalue weighted by atomic mass is 9.96. The van der Waals surface area contributed by atoms with Crippen molar-refractivity contribution in [2.24, 2.45) is 10.9 Å². The van der Waals surface area contributed by atoms with Gasteiger partial charge in [0.15, 0.2) is 5.96 Å². The summed E-state index contributed by atoms with van der Waals surface area (Å²) in [5.74, 6) is 1.06. The third-order valence-corrected chi connectivity index (χ3v) is 4.87. The van der Waals surface area contributed by atoms with Crippen molar-refractivity contribution in [1.82, 2.24) is 25.3 Å². The Morgan fingerprint density at radius 1 is 1.33 bits per heavy atom. The predicted octanol–water partition coefficient (Wildman–Crippen LogP) is 1.86. The van der Waals surface area contributed by atoms with Crippen molar-refractivity contribution in [3.63, 3.8) is 0 Å². The zero-order valence-electron chi connectivity index (χ0n) is 15.9. The van der Waals surface area contributed by atoms with E-state index < -0.39 is 0 Å². The zero-order valence-corrected chi connectivity index (χ0v) is 18.3. The molecule has 1 fully saturated rings. The number of carbonyl (C=O) groups excluding carboxylic acids is 1. The third kappa shape index (κ3) is 5.00. The van der Waals surface area contributed by atoms with Crippen molar-refractivity contribution in [3.8, 4) is 0 Å². The maximum absolute atomic E-state index is 12.3. The van der Waals surface area contributed by atoms with Crippen LogP contribution in [0.15, 0.2) is 47.7 Å². The number of benzene rings is 1. The molecule has 146 valence electrons. The number of likely N-dealkylation sites (tertiary alicyclic amines) is 1. The molecule has 7 nitrogen and oxygen atoms in total. The minimum absolute atomic E-state index is 0. The number of nitrogens with zero attached hydrogens (tertiary/aromatic N) is 4. The summed E-state index contributed by atoms with van der Waals surface area (Å²) in [5, 5.41) is 10.8. The van der Waals surface area contributed by atoms with Gasteiger partial charge in [0.2, 0.25) is 5.91 Å². The molecule has 0 saturated carbocycles. The highest BCUT2D eigenvalue weighted by Gasteiger charge is 2.39. The van der Waals surface area contributed by atoms with Crippen LogP contribution in [0.5, 0.6) is 0 Å². The number of nitrogens with one attached hydrogen (secondary N) is 2. The lowest BCUT2D eigenvalue weighted by molar-refractivity contribution is -0.127. The van der Waals surface area contributed by atoms with Gasteiger partial charge in [-0.15, -0.1) is 24.0 Å². The fourth-order valence-corrected chi connectivity index (χ4v) is 3.53.